The normalized spacial score (nSPS) is 12.7. The number of halogens is 3. The number of aliphatic hydroxyl groups is 1. The first-order chi connectivity index (χ1) is 8.08. The third kappa shape index (κ3) is 2.80. The fourth-order valence-electron chi connectivity index (χ4n) is 1.54. The average molecular weight is 275 g/mol. The first-order valence-electron chi connectivity index (χ1n) is 4.93. The van der Waals surface area contributed by atoms with Crippen molar-refractivity contribution in [3.63, 3.8) is 0 Å². The molecule has 0 aliphatic heterocycles. The molecule has 0 radical (unpaired) electrons. The van der Waals surface area contributed by atoms with Crippen LogP contribution in [0, 0.1) is 5.82 Å². The highest BCUT2D eigenvalue weighted by atomic mass is 35.5. The molecule has 1 heterocycles. The molecule has 0 saturated carbocycles. The van der Waals surface area contributed by atoms with Gasteiger partial charge < -0.3 is 9.52 Å². The van der Waals surface area contributed by atoms with Crippen LogP contribution in [0.5, 0.6) is 0 Å². The van der Waals surface area contributed by atoms with Crippen molar-refractivity contribution in [2.75, 3.05) is 0 Å². The van der Waals surface area contributed by atoms with E-state index in [0.717, 1.165) is 5.56 Å². The van der Waals surface area contributed by atoms with Crippen LogP contribution in [0.1, 0.15) is 17.2 Å². The molecule has 0 amide bonds. The van der Waals surface area contributed by atoms with Crippen LogP contribution in [0.4, 0.5) is 4.39 Å². The predicted octanol–water partition coefficient (Wildman–Crippen LogP) is 4.00. The third-order valence-corrected chi connectivity index (χ3v) is 3.02. The van der Waals surface area contributed by atoms with E-state index >= 15 is 0 Å². The van der Waals surface area contributed by atoms with E-state index in [-0.39, 0.29) is 10.2 Å². The summed E-state index contributed by atoms with van der Waals surface area (Å²) in [6.45, 7) is 0. The SMILES string of the molecule is OC(Cc1ccc(F)c(Cl)c1)c1ccoc1Cl. The maximum absolute atomic E-state index is 12.9. The molecule has 1 atom stereocenters. The second-order valence-corrected chi connectivity index (χ2v) is 4.37. The van der Waals surface area contributed by atoms with Gasteiger partial charge in [0.25, 0.3) is 0 Å². The molecule has 0 fully saturated rings. The van der Waals surface area contributed by atoms with Crippen LogP contribution < -0.4 is 0 Å². The number of hydrogen-bond acceptors (Lipinski definition) is 2. The molecule has 1 aromatic heterocycles. The van der Waals surface area contributed by atoms with Crippen LogP contribution in [0.25, 0.3) is 0 Å². The lowest BCUT2D eigenvalue weighted by Gasteiger charge is -2.09. The van der Waals surface area contributed by atoms with Crippen molar-refractivity contribution in [1.82, 2.24) is 0 Å². The van der Waals surface area contributed by atoms with Gasteiger partial charge >= 0.3 is 0 Å². The molecule has 0 bridgehead atoms. The van der Waals surface area contributed by atoms with Crippen molar-refractivity contribution in [2.24, 2.45) is 0 Å². The number of benzene rings is 1. The number of aliphatic hydroxyl groups excluding tert-OH is 1. The van der Waals surface area contributed by atoms with Crippen molar-refractivity contribution in [3.05, 3.63) is 57.7 Å². The summed E-state index contributed by atoms with van der Waals surface area (Å²) in [5.74, 6) is -0.480. The fraction of sp³-hybridized carbons (Fsp3) is 0.167. The first-order valence-corrected chi connectivity index (χ1v) is 5.68. The maximum atomic E-state index is 12.9. The molecule has 1 N–H and O–H groups in total. The van der Waals surface area contributed by atoms with Crippen molar-refractivity contribution >= 4 is 23.2 Å². The van der Waals surface area contributed by atoms with Gasteiger partial charge in [-0.2, -0.15) is 0 Å². The number of hydrogen-bond donors (Lipinski definition) is 1. The Hall–Kier alpha value is -1.03. The zero-order valence-corrected chi connectivity index (χ0v) is 10.2. The Morgan fingerprint density at radius 2 is 2.06 bits per heavy atom. The van der Waals surface area contributed by atoms with Gasteiger partial charge in [-0.15, -0.1) is 0 Å². The van der Waals surface area contributed by atoms with E-state index < -0.39 is 11.9 Å². The molecule has 1 unspecified atom stereocenters. The largest absolute Gasteiger partial charge is 0.453 e. The Morgan fingerprint density at radius 3 is 2.65 bits per heavy atom. The smallest absolute Gasteiger partial charge is 0.198 e. The monoisotopic (exact) mass is 274 g/mol. The van der Waals surface area contributed by atoms with Gasteiger partial charge in [0.2, 0.25) is 0 Å². The molecule has 2 rings (SSSR count). The van der Waals surface area contributed by atoms with Gasteiger partial charge in [0.15, 0.2) is 5.22 Å². The second kappa shape index (κ2) is 5.08. The van der Waals surface area contributed by atoms with E-state index in [9.17, 15) is 9.50 Å². The summed E-state index contributed by atoms with van der Waals surface area (Å²) in [5.41, 5.74) is 1.23. The van der Waals surface area contributed by atoms with Gasteiger partial charge in [-0.25, -0.2) is 4.39 Å². The quantitative estimate of drug-likeness (QED) is 0.918. The highest BCUT2D eigenvalue weighted by Gasteiger charge is 2.15. The molecule has 0 saturated heterocycles. The minimum absolute atomic E-state index is 0.0352. The van der Waals surface area contributed by atoms with Crippen LogP contribution in [0.3, 0.4) is 0 Å². The van der Waals surface area contributed by atoms with Crippen molar-refractivity contribution < 1.29 is 13.9 Å². The summed E-state index contributed by atoms with van der Waals surface area (Å²) in [7, 11) is 0. The average Bonchev–Trinajstić information content (AvgIpc) is 2.70. The Balaban J connectivity index is 2.16. The van der Waals surface area contributed by atoms with Crippen LogP contribution in [-0.4, -0.2) is 5.11 Å². The summed E-state index contributed by atoms with van der Waals surface area (Å²) < 4.78 is 17.8. The Morgan fingerprint density at radius 1 is 1.29 bits per heavy atom. The fourth-order valence-corrected chi connectivity index (χ4v) is 1.99. The van der Waals surface area contributed by atoms with Gasteiger partial charge in [-0.1, -0.05) is 17.7 Å². The molecule has 2 nitrogen and oxygen atoms in total. The molecule has 2 aromatic rings. The Labute approximate surface area is 108 Å². The zero-order chi connectivity index (χ0) is 12.4. The van der Waals surface area contributed by atoms with E-state index in [1.54, 1.807) is 12.1 Å². The van der Waals surface area contributed by atoms with Gasteiger partial charge in [-0.05, 0) is 35.4 Å². The molecule has 17 heavy (non-hydrogen) atoms. The molecule has 5 heteroatoms. The van der Waals surface area contributed by atoms with Crippen LogP contribution >= 0.6 is 23.2 Å². The summed E-state index contributed by atoms with van der Waals surface area (Å²) in [4.78, 5) is 0. The minimum atomic E-state index is -0.803. The van der Waals surface area contributed by atoms with Crippen molar-refractivity contribution in [3.8, 4) is 0 Å². The number of furan rings is 1. The molecule has 0 spiro atoms. The van der Waals surface area contributed by atoms with Gasteiger partial charge in [0.05, 0.1) is 17.4 Å². The third-order valence-electron chi connectivity index (χ3n) is 2.42. The molecule has 0 aliphatic carbocycles. The molecule has 1 aromatic carbocycles. The molecular formula is C12H9Cl2FO2. The summed E-state index contributed by atoms with van der Waals surface area (Å²) in [6, 6.07) is 5.91. The molecular weight excluding hydrogens is 266 g/mol. The topological polar surface area (TPSA) is 33.4 Å². The first kappa shape index (κ1) is 12.4. The Bertz CT molecular complexity index is 525. The van der Waals surface area contributed by atoms with Gasteiger partial charge in [0.1, 0.15) is 5.82 Å². The molecule has 90 valence electrons. The van der Waals surface area contributed by atoms with E-state index in [0.29, 0.717) is 12.0 Å². The van der Waals surface area contributed by atoms with E-state index in [2.05, 4.69) is 0 Å². The number of rotatable bonds is 3. The van der Waals surface area contributed by atoms with Gasteiger partial charge in [-0.3, -0.25) is 0 Å². The van der Waals surface area contributed by atoms with Crippen LogP contribution in [0.15, 0.2) is 34.9 Å². The minimum Gasteiger partial charge on any atom is -0.453 e. The maximum Gasteiger partial charge on any atom is 0.198 e. The highest BCUT2D eigenvalue weighted by molar-refractivity contribution is 6.30. The van der Waals surface area contributed by atoms with Gasteiger partial charge in [0, 0.05) is 12.0 Å². The highest BCUT2D eigenvalue weighted by Crippen LogP contribution is 2.27. The summed E-state index contributed by atoms with van der Waals surface area (Å²) >= 11 is 11.4. The van der Waals surface area contributed by atoms with E-state index in [1.165, 1.54) is 18.4 Å². The van der Waals surface area contributed by atoms with Crippen molar-refractivity contribution in [2.45, 2.75) is 12.5 Å². The molecule has 0 aliphatic rings. The van der Waals surface area contributed by atoms with Crippen LogP contribution in [0.2, 0.25) is 10.2 Å². The van der Waals surface area contributed by atoms with Crippen molar-refractivity contribution in [1.29, 1.82) is 0 Å². The lowest BCUT2D eigenvalue weighted by molar-refractivity contribution is 0.177. The van der Waals surface area contributed by atoms with Crippen LogP contribution in [-0.2, 0) is 6.42 Å². The summed E-state index contributed by atoms with van der Waals surface area (Å²) in [5, 5.41) is 10.1. The Kier molecular flexibility index (Phi) is 3.72. The summed E-state index contributed by atoms with van der Waals surface area (Å²) in [6.07, 6.45) is 0.889. The predicted molar refractivity (Wildman–Crippen MR) is 63.8 cm³/mol. The van der Waals surface area contributed by atoms with E-state index in [1.807, 2.05) is 0 Å². The lowest BCUT2D eigenvalue weighted by atomic mass is 10.0. The standard InChI is InChI=1S/C12H9Cl2FO2/c13-9-5-7(1-2-10(9)15)6-11(16)8-3-4-17-12(8)14/h1-5,11,16H,6H2. The second-order valence-electron chi connectivity index (χ2n) is 3.62. The lowest BCUT2D eigenvalue weighted by Crippen LogP contribution is -2.01. The van der Waals surface area contributed by atoms with E-state index in [4.69, 9.17) is 27.6 Å². The zero-order valence-electron chi connectivity index (χ0n) is 8.66.